The number of rotatable bonds is 6. The van der Waals surface area contributed by atoms with E-state index in [9.17, 15) is 19.2 Å². The summed E-state index contributed by atoms with van der Waals surface area (Å²) in [5, 5.41) is 3.22. The predicted molar refractivity (Wildman–Crippen MR) is 156 cm³/mol. The van der Waals surface area contributed by atoms with Crippen molar-refractivity contribution in [2.24, 2.45) is 5.92 Å². The van der Waals surface area contributed by atoms with Crippen LogP contribution < -0.4 is 19.8 Å². The van der Waals surface area contributed by atoms with E-state index in [1.807, 2.05) is 43.3 Å². The summed E-state index contributed by atoms with van der Waals surface area (Å²) in [5.41, 5.74) is 2.95. The molecule has 11 heteroatoms. The minimum Gasteiger partial charge on any atom is -0.484 e. The van der Waals surface area contributed by atoms with E-state index in [4.69, 9.17) is 16.3 Å². The first-order valence-electron chi connectivity index (χ1n) is 12.4. The van der Waals surface area contributed by atoms with Gasteiger partial charge in [-0.1, -0.05) is 59.0 Å². The van der Waals surface area contributed by atoms with E-state index < -0.39 is 17.1 Å². The highest BCUT2D eigenvalue weighted by atomic mass is 35.5. The molecule has 6 rings (SSSR count). The molecule has 0 bridgehead atoms. The van der Waals surface area contributed by atoms with E-state index in [-0.39, 0.29) is 29.2 Å². The van der Waals surface area contributed by atoms with E-state index in [0.717, 1.165) is 27.3 Å². The zero-order chi connectivity index (χ0) is 28.0. The monoisotopic (exact) mass is 591 g/mol. The third-order valence-electron chi connectivity index (χ3n) is 6.82. The fourth-order valence-corrected chi connectivity index (χ4v) is 7.70. The van der Waals surface area contributed by atoms with Crippen LogP contribution in [0, 0.1) is 12.8 Å². The number of aromatic nitrogens is 1. The number of halogens is 1. The number of nitrogens with one attached hydrogen (secondary N) is 2. The minimum absolute atomic E-state index is 0.176. The van der Waals surface area contributed by atoms with Crippen LogP contribution in [-0.4, -0.2) is 34.6 Å². The van der Waals surface area contributed by atoms with Gasteiger partial charge >= 0.3 is 4.87 Å². The molecule has 1 saturated heterocycles. The molecular weight excluding hydrogens is 570 g/mol. The van der Waals surface area contributed by atoms with Gasteiger partial charge in [-0.15, -0.1) is 0 Å². The SMILES string of the molecule is Cc1cccc(NC(=O)COc2ccc(C3c4sc(=O)[nH]c4SC4C(=O)N(c5ccc(Cl)cc5)C(=O)C43)cc2)c1. The number of imide groups is 1. The first-order chi connectivity index (χ1) is 19.3. The van der Waals surface area contributed by atoms with E-state index in [1.165, 1.54) is 16.7 Å². The second kappa shape index (κ2) is 10.6. The summed E-state index contributed by atoms with van der Waals surface area (Å²) in [6.45, 7) is 1.77. The fourth-order valence-electron chi connectivity index (χ4n) is 5.06. The predicted octanol–water partition coefficient (Wildman–Crippen LogP) is 5.21. The molecule has 40 heavy (non-hydrogen) atoms. The number of anilines is 2. The van der Waals surface area contributed by atoms with Crippen LogP contribution in [0.1, 0.15) is 21.9 Å². The molecule has 8 nitrogen and oxygen atoms in total. The highest BCUT2D eigenvalue weighted by Crippen LogP contribution is 2.53. The maximum Gasteiger partial charge on any atom is 0.305 e. The van der Waals surface area contributed by atoms with Gasteiger partial charge in [0, 0.05) is 21.5 Å². The van der Waals surface area contributed by atoms with Crippen molar-refractivity contribution in [3.05, 3.63) is 103 Å². The summed E-state index contributed by atoms with van der Waals surface area (Å²) in [6.07, 6.45) is 0. The van der Waals surface area contributed by atoms with Gasteiger partial charge in [-0.3, -0.25) is 19.2 Å². The number of carbonyl (C=O) groups excluding carboxylic acids is 3. The smallest absolute Gasteiger partial charge is 0.305 e. The molecule has 3 aromatic carbocycles. The number of thioether (sulfide) groups is 1. The maximum absolute atomic E-state index is 13.8. The van der Waals surface area contributed by atoms with Crippen LogP contribution in [0.3, 0.4) is 0 Å². The summed E-state index contributed by atoms with van der Waals surface area (Å²) in [5.74, 6) is -1.67. The van der Waals surface area contributed by atoms with E-state index >= 15 is 0 Å². The molecule has 4 aromatic rings. The van der Waals surface area contributed by atoms with Crippen molar-refractivity contribution in [1.82, 2.24) is 4.98 Å². The van der Waals surface area contributed by atoms with Crippen molar-refractivity contribution >= 4 is 63.8 Å². The quantitative estimate of drug-likeness (QED) is 0.298. The Morgan fingerprint density at radius 2 is 1.77 bits per heavy atom. The number of carbonyl (C=O) groups is 3. The Morgan fingerprint density at radius 3 is 2.50 bits per heavy atom. The molecule has 0 saturated carbocycles. The number of H-pyrrole nitrogens is 1. The standard InChI is InChI=1S/C29H22ClN3O5S2/c1-15-3-2-4-18(13-15)31-21(34)14-38-20-11-5-16(6-12-20)22-23-25(39-26-24(22)40-29(37)32-26)28(36)33(27(23)35)19-9-7-17(30)8-10-19/h2-13,22-23,25H,14H2,1H3,(H,31,34)(H,32,37). The zero-order valence-corrected chi connectivity index (χ0v) is 23.4. The number of fused-ring (bicyclic) bond motifs is 2. The average Bonchev–Trinajstić information content (AvgIpc) is 3.42. The lowest BCUT2D eigenvalue weighted by Crippen LogP contribution is -2.32. The molecule has 0 aliphatic carbocycles. The van der Waals surface area contributed by atoms with Crippen molar-refractivity contribution in [3.8, 4) is 5.75 Å². The first kappa shape index (κ1) is 26.4. The van der Waals surface area contributed by atoms with Gasteiger partial charge in [-0.2, -0.15) is 0 Å². The van der Waals surface area contributed by atoms with Crippen LogP contribution in [0.2, 0.25) is 5.02 Å². The molecule has 3 unspecified atom stereocenters. The highest BCUT2D eigenvalue weighted by molar-refractivity contribution is 8.00. The molecule has 0 radical (unpaired) electrons. The van der Waals surface area contributed by atoms with Crippen molar-refractivity contribution in [2.45, 2.75) is 23.1 Å². The number of ether oxygens (including phenoxy) is 1. The minimum atomic E-state index is -0.695. The number of nitrogens with zero attached hydrogens (tertiary/aromatic N) is 1. The molecule has 1 fully saturated rings. The molecule has 1 aromatic heterocycles. The van der Waals surface area contributed by atoms with Crippen LogP contribution in [0.25, 0.3) is 0 Å². The van der Waals surface area contributed by atoms with E-state index in [2.05, 4.69) is 10.3 Å². The number of aromatic amines is 1. The van der Waals surface area contributed by atoms with Gasteiger partial charge < -0.3 is 15.0 Å². The third-order valence-corrected chi connectivity index (χ3v) is 9.47. The Labute approximate surface area is 242 Å². The number of hydrogen-bond donors (Lipinski definition) is 2. The lowest BCUT2D eigenvalue weighted by Gasteiger charge is -2.29. The molecule has 3 heterocycles. The molecular formula is C29H22ClN3O5S2. The summed E-state index contributed by atoms with van der Waals surface area (Å²) < 4.78 is 5.69. The van der Waals surface area contributed by atoms with Crippen LogP contribution in [-0.2, 0) is 14.4 Å². The van der Waals surface area contributed by atoms with Crippen molar-refractivity contribution < 1.29 is 19.1 Å². The van der Waals surface area contributed by atoms with Gasteiger partial charge in [0.05, 0.1) is 16.6 Å². The molecule has 2 N–H and O–H groups in total. The van der Waals surface area contributed by atoms with Gasteiger partial charge in [0.1, 0.15) is 11.0 Å². The average molecular weight is 592 g/mol. The largest absolute Gasteiger partial charge is 0.484 e. The highest BCUT2D eigenvalue weighted by Gasteiger charge is 2.56. The summed E-state index contributed by atoms with van der Waals surface area (Å²) in [4.78, 5) is 56.4. The number of aryl methyl sites for hydroxylation is 1. The zero-order valence-electron chi connectivity index (χ0n) is 21.1. The van der Waals surface area contributed by atoms with Crippen LogP contribution in [0.5, 0.6) is 5.75 Å². The third kappa shape index (κ3) is 4.94. The lowest BCUT2D eigenvalue weighted by atomic mass is 9.83. The van der Waals surface area contributed by atoms with Crippen LogP contribution in [0.4, 0.5) is 11.4 Å². The van der Waals surface area contributed by atoms with Gasteiger partial charge in [0.15, 0.2) is 6.61 Å². The second-order valence-corrected chi connectivity index (χ2v) is 12.1. The Bertz CT molecular complexity index is 1680. The molecule has 3 amide bonds. The number of hydrogen-bond acceptors (Lipinski definition) is 7. The fraction of sp³-hybridized carbons (Fsp3) is 0.172. The Morgan fingerprint density at radius 1 is 1.02 bits per heavy atom. The number of amides is 3. The topological polar surface area (TPSA) is 109 Å². The van der Waals surface area contributed by atoms with Gasteiger partial charge in [0.2, 0.25) is 11.8 Å². The van der Waals surface area contributed by atoms with Crippen molar-refractivity contribution in [3.63, 3.8) is 0 Å². The van der Waals surface area contributed by atoms with Crippen molar-refractivity contribution in [2.75, 3.05) is 16.8 Å². The summed E-state index contributed by atoms with van der Waals surface area (Å²) in [6, 6.07) is 21.1. The second-order valence-electron chi connectivity index (χ2n) is 9.51. The number of benzene rings is 3. The molecule has 3 atom stereocenters. The maximum atomic E-state index is 13.8. The van der Waals surface area contributed by atoms with Gasteiger partial charge in [0.25, 0.3) is 5.91 Å². The van der Waals surface area contributed by atoms with Gasteiger partial charge in [-0.25, -0.2) is 4.90 Å². The molecule has 0 spiro atoms. The van der Waals surface area contributed by atoms with Crippen LogP contribution >= 0.6 is 34.7 Å². The van der Waals surface area contributed by atoms with Crippen LogP contribution in [0.15, 0.2) is 82.6 Å². The first-order valence-corrected chi connectivity index (χ1v) is 14.5. The molecule has 2 aliphatic rings. The summed E-state index contributed by atoms with van der Waals surface area (Å²) in [7, 11) is 0. The number of thiazole rings is 1. The molecule has 2 aliphatic heterocycles. The van der Waals surface area contributed by atoms with E-state index in [1.54, 1.807) is 36.4 Å². The van der Waals surface area contributed by atoms with Gasteiger partial charge in [-0.05, 0) is 66.6 Å². The summed E-state index contributed by atoms with van der Waals surface area (Å²) >= 11 is 8.29. The normalized spacial score (nSPS) is 19.8. The van der Waals surface area contributed by atoms with E-state index in [0.29, 0.717) is 27.2 Å². The Kier molecular flexibility index (Phi) is 6.99. The Balaban J connectivity index is 1.24. The molecule has 202 valence electrons. The van der Waals surface area contributed by atoms with Crippen molar-refractivity contribution in [1.29, 1.82) is 0 Å². The Hall–Kier alpha value is -3.86. The lowest BCUT2D eigenvalue weighted by molar-refractivity contribution is -0.122.